The van der Waals surface area contributed by atoms with Crippen LogP contribution in [0.5, 0.6) is 5.75 Å². The van der Waals surface area contributed by atoms with Gasteiger partial charge in [-0.1, -0.05) is 42.2 Å². The van der Waals surface area contributed by atoms with Crippen LogP contribution in [0.15, 0.2) is 53.7 Å². The summed E-state index contributed by atoms with van der Waals surface area (Å²) in [6.07, 6.45) is 4.61. The first kappa shape index (κ1) is 21.5. The molecule has 0 unspecified atom stereocenters. The molecule has 3 rings (SSSR count). The van der Waals surface area contributed by atoms with E-state index in [1.54, 1.807) is 37.6 Å². The average molecular weight is 443 g/mol. The molecule has 10 heteroatoms. The van der Waals surface area contributed by atoms with Crippen molar-refractivity contribution in [3.8, 4) is 5.75 Å². The summed E-state index contributed by atoms with van der Waals surface area (Å²) in [5.74, 6) is -0.564. The molecule has 0 saturated carbocycles. The molecule has 1 fully saturated rings. The number of thiocarbonyl (C=S) groups is 1. The second-order valence-electron chi connectivity index (χ2n) is 6.07. The molecule has 0 atom stereocenters. The molecule has 2 heterocycles. The number of thioether (sulfide) groups is 1. The van der Waals surface area contributed by atoms with Crippen molar-refractivity contribution in [3.63, 3.8) is 0 Å². The molecule has 154 valence electrons. The third-order valence-corrected chi connectivity index (χ3v) is 5.48. The number of pyridine rings is 1. The van der Waals surface area contributed by atoms with Crippen molar-refractivity contribution < 1.29 is 19.1 Å². The Labute approximate surface area is 182 Å². The Balaban J connectivity index is 1.55. The largest absolute Gasteiger partial charge is 0.496 e. The Hall–Kier alpha value is -3.24. The maximum absolute atomic E-state index is 12.7. The molecule has 0 spiro atoms. The maximum Gasteiger partial charge on any atom is 0.271 e. The molecule has 3 amide bonds. The van der Waals surface area contributed by atoms with Crippen LogP contribution in [0.1, 0.15) is 22.3 Å². The highest BCUT2D eigenvalue weighted by atomic mass is 32.2. The van der Waals surface area contributed by atoms with Gasteiger partial charge in [0.15, 0.2) is 0 Å². The number of amides is 3. The van der Waals surface area contributed by atoms with Crippen LogP contribution in [-0.2, 0) is 9.59 Å². The highest BCUT2D eigenvalue weighted by Gasteiger charge is 2.32. The van der Waals surface area contributed by atoms with E-state index >= 15 is 0 Å². The monoisotopic (exact) mass is 442 g/mol. The van der Waals surface area contributed by atoms with Gasteiger partial charge in [0.1, 0.15) is 10.1 Å². The highest BCUT2D eigenvalue weighted by Crippen LogP contribution is 2.34. The third kappa shape index (κ3) is 5.22. The number of hydrazine groups is 1. The second kappa shape index (κ2) is 9.99. The lowest BCUT2D eigenvalue weighted by atomic mass is 10.2. The summed E-state index contributed by atoms with van der Waals surface area (Å²) in [7, 11) is 1.56. The Morgan fingerprint density at radius 3 is 2.77 bits per heavy atom. The second-order valence-corrected chi connectivity index (χ2v) is 7.75. The Morgan fingerprint density at radius 1 is 1.23 bits per heavy atom. The smallest absolute Gasteiger partial charge is 0.271 e. The quantitative estimate of drug-likeness (QED) is 0.402. The van der Waals surface area contributed by atoms with Crippen LogP contribution >= 0.6 is 24.0 Å². The van der Waals surface area contributed by atoms with Crippen molar-refractivity contribution in [3.05, 3.63) is 64.8 Å². The fraction of sp³-hybridized carbons (Fsp3) is 0.150. The van der Waals surface area contributed by atoms with Crippen LogP contribution in [0.4, 0.5) is 0 Å². The fourth-order valence-electron chi connectivity index (χ4n) is 2.59. The Bertz CT molecular complexity index is 1010. The van der Waals surface area contributed by atoms with Gasteiger partial charge in [0.2, 0.25) is 5.91 Å². The lowest BCUT2D eigenvalue weighted by molar-refractivity contribution is -0.124. The van der Waals surface area contributed by atoms with Gasteiger partial charge in [-0.05, 0) is 24.3 Å². The summed E-state index contributed by atoms with van der Waals surface area (Å²) in [6.45, 7) is 0.0997. The molecule has 0 radical (unpaired) electrons. The van der Waals surface area contributed by atoms with Crippen molar-refractivity contribution in [1.29, 1.82) is 0 Å². The van der Waals surface area contributed by atoms with Crippen molar-refractivity contribution in [2.75, 3.05) is 13.7 Å². The van der Waals surface area contributed by atoms with Crippen molar-refractivity contribution in [1.82, 2.24) is 20.7 Å². The molecular weight excluding hydrogens is 424 g/mol. The Morgan fingerprint density at radius 2 is 2.03 bits per heavy atom. The molecule has 1 saturated heterocycles. The number of nitrogens with zero attached hydrogens (tertiary/aromatic N) is 2. The zero-order valence-corrected chi connectivity index (χ0v) is 17.6. The predicted octanol–water partition coefficient (Wildman–Crippen LogP) is 2.14. The number of hydrogen-bond donors (Lipinski definition) is 2. The summed E-state index contributed by atoms with van der Waals surface area (Å²) in [5, 5.41) is 0. The summed E-state index contributed by atoms with van der Waals surface area (Å²) in [4.78, 5) is 42.3. The van der Waals surface area contributed by atoms with Gasteiger partial charge in [-0.15, -0.1) is 0 Å². The Kier molecular flexibility index (Phi) is 7.15. The van der Waals surface area contributed by atoms with Crippen molar-refractivity contribution in [2.45, 2.75) is 6.42 Å². The molecule has 2 aromatic rings. The van der Waals surface area contributed by atoms with Crippen LogP contribution in [0.3, 0.4) is 0 Å². The number of para-hydroxylation sites is 1. The molecular formula is C20H18N4O4S2. The van der Waals surface area contributed by atoms with Gasteiger partial charge in [0.25, 0.3) is 11.8 Å². The first-order chi connectivity index (χ1) is 14.5. The summed E-state index contributed by atoms with van der Waals surface area (Å²) >= 11 is 6.45. The van der Waals surface area contributed by atoms with Gasteiger partial charge in [-0.25, -0.2) is 0 Å². The summed E-state index contributed by atoms with van der Waals surface area (Å²) in [6, 6.07) is 10.5. The fourth-order valence-corrected chi connectivity index (χ4v) is 3.89. The normalized spacial score (nSPS) is 14.7. The number of methoxy groups -OCH3 is 1. The van der Waals surface area contributed by atoms with E-state index < -0.39 is 11.8 Å². The van der Waals surface area contributed by atoms with Crippen LogP contribution in [0.25, 0.3) is 6.08 Å². The number of aromatic nitrogens is 1. The number of nitrogens with one attached hydrogen (secondary N) is 2. The summed E-state index contributed by atoms with van der Waals surface area (Å²) < 4.78 is 5.67. The number of rotatable bonds is 6. The minimum absolute atomic E-state index is 0.0261. The van der Waals surface area contributed by atoms with Gasteiger partial charge < -0.3 is 4.74 Å². The molecule has 30 heavy (non-hydrogen) atoms. The zero-order valence-electron chi connectivity index (χ0n) is 16.0. The molecule has 1 aliphatic heterocycles. The van der Waals surface area contributed by atoms with E-state index in [9.17, 15) is 14.4 Å². The number of carbonyl (C=O) groups is 3. The van der Waals surface area contributed by atoms with E-state index in [0.29, 0.717) is 20.5 Å². The van der Waals surface area contributed by atoms with Gasteiger partial charge in [0.05, 0.1) is 17.6 Å². The first-order valence-corrected chi connectivity index (χ1v) is 10.1. The molecule has 1 aliphatic rings. The molecule has 8 nitrogen and oxygen atoms in total. The van der Waals surface area contributed by atoms with Crippen LogP contribution in [0.2, 0.25) is 0 Å². The maximum atomic E-state index is 12.7. The SMILES string of the molecule is COc1ccccc1C=C1SC(=S)N(CCC(=O)NNC(=O)c2cccnc2)C1=O. The average Bonchev–Trinajstić information content (AvgIpc) is 3.03. The van der Waals surface area contributed by atoms with E-state index in [-0.39, 0.29) is 18.9 Å². The minimum Gasteiger partial charge on any atom is -0.496 e. The topological polar surface area (TPSA) is 101 Å². The van der Waals surface area contributed by atoms with Crippen LogP contribution < -0.4 is 15.6 Å². The molecule has 0 aliphatic carbocycles. The summed E-state index contributed by atoms with van der Waals surface area (Å²) in [5.41, 5.74) is 5.70. The molecule has 1 aromatic heterocycles. The van der Waals surface area contributed by atoms with Gasteiger partial charge in [-0.2, -0.15) is 0 Å². The first-order valence-electron chi connectivity index (χ1n) is 8.87. The standard InChI is InChI=1S/C20H18N4O4S2/c1-28-15-7-3-2-5-13(15)11-16-19(27)24(20(29)30-16)10-8-17(25)22-23-18(26)14-6-4-9-21-12-14/h2-7,9,11-12H,8,10H2,1H3,(H,22,25)(H,23,26). The lowest BCUT2D eigenvalue weighted by Crippen LogP contribution is -2.43. The third-order valence-electron chi connectivity index (χ3n) is 4.10. The molecule has 2 N–H and O–H groups in total. The van der Waals surface area contributed by atoms with E-state index in [1.165, 1.54) is 22.9 Å². The number of ether oxygens (including phenoxy) is 1. The number of carbonyl (C=O) groups excluding carboxylic acids is 3. The minimum atomic E-state index is -0.484. The van der Waals surface area contributed by atoms with E-state index in [4.69, 9.17) is 17.0 Å². The van der Waals surface area contributed by atoms with Crippen LogP contribution in [-0.4, -0.2) is 45.6 Å². The van der Waals surface area contributed by atoms with Gasteiger partial charge in [0, 0.05) is 30.9 Å². The van der Waals surface area contributed by atoms with Crippen molar-refractivity contribution >= 4 is 52.1 Å². The van der Waals surface area contributed by atoms with E-state index in [1.807, 2.05) is 18.2 Å². The zero-order chi connectivity index (χ0) is 21.5. The number of hydrogen-bond acceptors (Lipinski definition) is 7. The van der Waals surface area contributed by atoms with Crippen molar-refractivity contribution in [2.24, 2.45) is 0 Å². The predicted molar refractivity (Wildman–Crippen MR) is 117 cm³/mol. The van der Waals surface area contributed by atoms with E-state index in [2.05, 4.69) is 15.8 Å². The number of benzene rings is 1. The highest BCUT2D eigenvalue weighted by molar-refractivity contribution is 8.26. The molecule has 0 bridgehead atoms. The van der Waals surface area contributed by atoms with E-state index in [0.717, 1.165) is 5.56 Å². The van der Waals surface area contributed by atoms with Crippen LogP contribution in [0, 0.1) is 0 Å². The molecule has 1 aromatic carbocycles. The van der Waals surface area contributed by atoms with Gasteiger partial charge >= 0.3 is 0 Å². The van der Waals surface area contributed by atoms with Gasteiger partial charge in [-0.3, -0.25) is 35.1 Å². The lowest BCUT2D eigenvalue weighted by Gasteiger charge is -2.14.